The van der Waals surface area contributed by atoms with E-state index in [1.54, 1.807) is 0 Å². The van der Waals surface area contributed by atoms with Gasteiger partial charge in [-0.15, -0.1) is 0 Å². The van der Waals surface area contributed by atoms with Crippen molar-refractivity contribution in [2.24, 2.45) is 11.8 Å². The Hall–Kier alpha value is -0.660. The predicted molar refractivity (Wildman–Crippen MR) is 48.9 cm³/mol. The second-order valence-electron chi connectivity index (χ2n) is 3.57. The number of carbonyl (C=O) groups excluding carboxylic acids is 2. The standard InChI is InChI=1S/C10H18O2/c1-4-9(7-8(2)3)10(12)5-6-11/h6,8-9H,4-5,7H2,1-3H3. The van der Waals surface area contributed by atoms with E-state index >= 15 is 0 Å². The maximum absolute atomic E-state index is 11.3. The molecule has 0 amide bonds. The van der Waals surface area contributed by atoms with Crippen LogP contribution in [0.2, 0.25) is 0 Å². The van der Waals surface area contributed by atoms with E-state index in [1.165, 1.54) is 0 Å². The number of ketones is 1. The summed E-state index contributed by atoms with van der Waals surface area (Å²) in [7, 11) is 0. The van der Waals surface area contributed by atoms with Crippen molar-refractivity contribution in [3.8, 4) is 0 Å². The summed E-state index contributed by atoms with van der Waals surface area (Å²) in [4.78, 5) is 21.4. The molecule has 1 unspecified atom stereocenters. The molecule has 0 heterocycles. The summed E-state index contributed by atoms with van der Waals surface area (Å²) in [6, 6.07) is 0. The molecule has 1 atom stereocenters. The van der Waals surface area contributed by atoms with Crippen molar-refractivity contribution in [3.63, 3.8) is 0 Å². The highest BCUT2D eigenvalue weighted by Gasteiger charge is 2.16. The zero-order valence-corrected chi connectivity index (χ0v) is 8.17. The lowest BCUT2D eigenvalue weighted by Gasteiger charge is -2.14. The molecule has 0 aromatic heterocycles. The maximum atomic E-state index is 11.3. The van der Waals surface area contributed by atoms with Crippen molar-refractivity contribution in [2.45, 2.75) is 40.0 Å². The molecule has 0 aliphatic rings. The van der Waals surface area contributed by atoms with Crippen molar-refractivity contribution in [1.29, 1.82) is 0 Å². The fourth-order valence-electron chi connectivity index (χ4n) is 1.34. The Bertz CT molecular complexity index is 150. The van der Waals surface area contributed by atoms with Gasteiger partial charge in [0.05, 0.1) is 6.42 Å². The van der Waals surface area contributed by atoms with Gasteiger partial charge in [0, 0.05) is 5.92 Å². The number of hydrogen-bond acceptors (Lipinski definition) is 2. The van der Waals surface area contributed by atoms with Gasteiger partial charge in [0.25, 0.3) is 0 Å². The minimum absolute atomic E-state index is 0.0885. The number of carbonyl (C=O) groups is 2. The Kier molecular flexibility index (Phi) is 5.60. The van der Waals surface area contributed by atoms with Crippen LogP contribution in [-0.2, 0) is 9.59 Å². The number of rotatable bonds is 6. The van der Waals surface area contributed by atoms with Crippen LogP contribution < -0.4 is 0 Å². The van der Waals surface area contributed by atoms with E-state index in [4.69, 9.17) is 0 Å². The molecule has 0 spiro atoms. The van der Waals surface area contributed by atoms with E-state index in [-0.39, 0.29) is 18.1 Å². The van der Waals surface area contributed by atoms with Gasteiger partial charge in [0.1, 0.15) is 12.1 Å². The third kappa shape index (κ3) is 4.27. The molecule has 2 nitrogen and oxygen atoms in total. The zero-order chi connectivity index (χ0) is 9.56. The van der Waals surface area contributed by atoms with Crippen LogP contribution in [-0.4, -0.2) is 12.1 Å². The fourth-order valence-corrected chi connectivity index (χ4v) is 1.34. The van der Waals surface area contributed by atoms with Crippen LogP contribution in [0.4, 0.5) is 0 Å². The maximum Gasteiger partial charge on any atom is 0.143 e. The van der Waals surface area contributed by atoms with Crippen LogP contribution >= 0.6 is 0 Å². The van der Waals surface area contributed by atoms with Gasteiger partial charge in [-0.1, -0.05) is 20.8 Å². The topological polar surface area (TPSA) is 34.1 Å². The lowest BCUT2D eigenvalue weighted by Crippen LogP contribution is -2.16. The van der Waals surface area contributed by atoms with E-state index in [9.17, 15) is 9.59 Å². The molecule has 0 saturated carbocycles. The smallest absolute Gasteiger partial charge is 0.143 e. The Morgan fingerprint density at radius 1 is 1.42 bits per heavy atom. The van der Waals surface area contributed by atoms with E-state index in [2.05, 4.69) is 13.8 Å². The number of hydrogen-bond donors (Lipinski definition) is 0. The highest BCUT2D eigenvalue weighted by Crippen LogP contribution is 2.16. The van der Waals surface area contributed by atoms with Crippen molar-refractivity contribution >= 4 is 12.1 Å². The molecule has 0 aliphatic heterocycles. The molecule has 0 aromatic carbocycles. The second kappa shape index (κ2) is 5.92. The minimum atomic E-state index is 0.0885. The van der Waals surface area contributed by atoms with Crippen molar-refractivity contribution in [2.75, 3.05) is 0 Å². The monoisotopic (exact) mass is 170 g/mol. The molecular weight excluding hydrogens is 152 g/mol. The first-order chi connectivity index (χ1) is 5.61. The van der Waals surface area contributed by atoms with E-state index < -0.39 is 0 Å². The summed E-state index contributed by atoms with van der Waals surface area (Å²) < 4.78 is 0. The summed E-state index contributed by atoms with van der Waals surface area (Å²) >= 11 is 0. The molecular formula is C10H18O2. The molecule has 2 heteroatoms. The van der Waals surface area contributed by atoms with E-state index in [0.29, 0.717) is 12.2 Å². The summed E-state index contributed by atoms with van der Waals surface area (Å²) in [6.07, 6.45) is 2.55. The van der Waals surface area contributed by atoms with Gasteiger partial charge in [0.2, 0.25) is 0 Å². The van der Waals surface area contributed by atoms with Crippen LogP contribution in [0.25, 0.3) is 0 Å². The van der Waals surface area contributed by atoms with Gasteiger partial charge in [-0.25, -0.2) is 0 Å². The number of Topliss-reactive ketones (excluding diaryl/α,β-unsaturated/α-hetero) is 1. The Labute approximate surface area is 74.3 Å². The lowest BCUT2D eigenvalue weighted by molar-refractivity contribution is -0.125. The fraction of sp³-hybridized carbons (Fsp3) is 0.800. The first-order valence-electron chi connectivity index (χ1n) is 4.58. The van der Waals surface area contributed by atoms with Gasteiger partial charge in [-0.2, -0.15) is 0 Å². The highest BCUT2D eigenvalue weighted by molar-refractivity contribution is 5.91. The third-order valence-corrected chi connectivity index (χ3v) is 1.99. The van der Waals surface area contributed by atoms with Gasteiger partial charge in [-0.3, -0.25) is 4.79 Å². The quantitative estimate of drug-likeness (QED) is 0.452. The SMILES string of the molecule is CCC(CC(C)C)C(=O)CC=O. The normalized spacial score (nSPS) is 13.0. The summed E-state index contributed by atoms with van der Waals surface area (Å²) in [5.41, 5.74) is 0. The van der Waals surface area contributed by atoms with Gasteiger partial charge < -0.3 is 4.79 Å². The average Bonchev–Trinajstić information content (AvgIpc) is 2.00. The second-order valence-corrected chi connectivity index (χ2v) is 3.57. The van der Waals surface area contributed by atoms with E-state index in [0.717, 1.165) is 12.8 Å². The van der Waals surface area contributed by atoms with Gasteiger partial charge in [-0.05, 0) is 18.8 Å². The predicted octanol–water partition coefficient (Wildman–Crippen LogP) is 2.22. The highest BCUT2D eigenvalue weighted by atomic mass is 16.1. The van der Waals surface area contributed by atoms with Crippen molar-refractivity contribution < 1.29 is 9.59 Å². The molecule has 0 N–H and O–H groups in total. The van der Waals surface area contributed by atoms with Crippen LogP contribution in [0.1, 0.15) is 40.0 Å². The van der Waals surface area contributed by atoms with Gasteiger partial charge in [0.15, 0.2) is 0 Å². The molecule has 0 radical (unpaired) electrons. The minimum Gasteiger partial charge on any atom is -0.303 e. The molecule has 0 aromatic rings. The van der Waals surface area contributed by atoms with Crippen LogP contribution in [0.5, 0.6) is 0 Å². The Balaban J connectivity index is 3.95. The van der Waals surface area contributed by atoms with Crippen LogP contribution in [0.3, 0.4) is 0 Å². The Morgan fingerprint density at radius 3 is 2.33 bits per heavy atom. The Morgan fingerprint density at radius 2 is 2.00 bits per heavy atom. The molecule has 70 valence electrons. The van der Waals surface area contributed by atoms with Crippen molar-refractivity contribution in [1.82, 2.24) is 0 Å². The third-order valence-electron chi connectivity index (χ3n) is 1.99. The first kappa shape index (κ1) is 11.3. The first-order valence-corrected chi connectivity index (χ1v) is 4.58. The van der Waals surface area contributed by atoms with Gasteiger partial charge >= 0.3 is 0 Å². The van der Waals surface area contributed by atoms with Crippen LogP contribution in [0, 0.1) is 11.8 Å². The summed E-state index contributed by atoms with van der Waals surface area (Å²) in [5, 5.41) is 0. The van der Waals surface area contributed by atoms with Crippen molar-refractivity contribution in [3.05, 3.63) is 0 Å². The molecule has 0 aliphatic carbocycles. The zero-order valence-electron chi connectivity index (χ0n) is 8.17. The summed E-state index contributed by atoms with van der Waals surface area (Å²) in [5.74, 6) is 0.724. The largest absolute Gasteiger partial charge is 0.303 e. The number of aldehydes is 1. The molecule has 0 fully saturated rings. The van der Waals surface area contributed by atoms with E-state index in [1.807, 2.05) is 6.92 Å². The molecule has 12 heavy (non-hydrogen) atoms. The summed E-state index contributed by atoms with van der Waals surface area (Å²) in [6.45, 7) is 6.18. The molecule has 0 saturated heterocycles. The molecule has 0 bridgehead atoms. The molecule has 0 rings (SSSR count). The van der Waals surface area contributed by atoms with Crippen LogP contribution in [0.15, 0.2) is 0 Å². The average molecular weight is 170 g/mol. The lowest BCUT2D eigenvalue weighted by atomic mass is 9.90.